The molecule has 1 saturated carbocycles. The van der Waals surface area contributed by atoms with Crippen LogP contribution in [0.5, 0.6) is 0 Å². The number of carbonyl (C=O) groups is 1. The van der Waals surface area contributed by atoms with E-state index in [1.165, 1.54) is 17.1 Å². The maximum Gasteiger partial charge on any atom is 0.227 e. The van der Waals surface area contributed by atoms with Gasteiger partial charge in [0, 0.05) is 32.1 Å². The van der Waals surface area contributed by atoms with Crippen LogP contribution < -0.4 is 0 Å². The normalized spacial score (nSPS) is 33.2. The van der Waals surface area contributed by atoms with E-state index in [0.717, 1.165) is 13.1 Å². The molecular formula is C12H20N2O3S. The highest BCUT2D eigenvalue weighted by atomic mass is 32.2. The molecule has 0 N–H and O–H groups in total. The summed E-state index contributed by atoms with van der Waals surface area (Å²) in [6.45, 7) is 4.25. The molecule has 2 atom stereocenters. The zero-order valence-corrected chi connectivity index (χ0v) is 11.5. The second kappa shape index (κ2) is 4.20. The Morgan fingerprint density at radius 3 is 2.50 bits per heavy atom. The Balaban J connectivity index is 1.66. The lowest BCUT2D eigenvalue weighted by molar-refractivity contribution is -0.131. The standard InChI is InChI=1S/C12H20N2O3S/c1-2-18(16,17)14-7-10-6-13(5-9-3-4-9)12(15)11(10)8-14/h9-11H,2-8H2,1H3/t10-,11+/m1/s1. The molecule has 1 aliphatic carbocycles. The number of amides is 1. The maximum absolute atomic E-state index is 12.2. The lowest BCUT2D eigenvalue weighted by Gasteiger charge is -2.21. The number of fused-ring (bicyclic) bond motifs is 1. The van der Waals surface area contributed by atoms with E-state index in [-0.39, 0.29) is 23.5 Å². The minimum absolute atomic E-state index is 0.0786. The van der Waals surface area contributed by atoms with Crippen LogP contribution in [0.25, 0.3) is 0 Å². The number of carbonyl (C=O) groups excluding carboxylic acids is 1. The molecule has 0 unspecified atom stereocenters. The maximum atomic E-state index is 12.2. The third-order valence-corrected chi connectivity index (χ3v) is 6.24. The molecule has 102 valence electrons. The summed E-state index contributed by atoms with van der Waals surface area (Å²) in [4.78, 5) is 14.2. The van der Waals surface area contributed by atoms with Gasteiger partial charge in [-0.2, -0.15) is 0 Å². The van der Waals surface area contributed by atoms with Gasteiger partial charge in [-0.1, -0.05) is 0 Å². The molecule has 2 saturated heterocycles. The van der Waals surface area contributed by atoms with Crippen molar-refractivity contribution in [1.82, 2.24) is 9.21 Å². The van der Waals surface area contributed by atoms with E-state index in [9.17, 15) is 13.2 Å². The second-order valence-electron chi connectivity index (χ2n) is 5.77. The Hall–Kier alpha value is -0.620. The summed E-state index contributed by atoms with van der Waals surface area (Å²) in [5.74, 6) is 1.17. The molecule has 0 spiro atoms. The molecule has 0 radical (unpaired) electrons. The number of hydrogen-bond acceptors (Lipinski definition) is 3. The first kappa shape index (κ1) is 12.4. The number of nitrogens with zero attached hydrogens (tertiary/aromatic N) is 2. The van der Waals surface area contributed by atoms with Gasteiger partial charge < -0.3 is 4.90 Å². The van der Waals surface area contributed by atoms with Gasteiger partial charge in [0.25, 0.3) is 0 Å². The monoisotopic (exact) mass is 272 g/mol. The van der Waals surface area contributed by atoms with E-state index in [1.54, 1.807) is 6.92 Å². The van der Waals surface area contributed by atoms with Gasteiger partial charge in [0.05, 0.1) is 11.7 Å². The van der Waals surface area contributed by atoms with Crippen molar-refractivity contribution in [3.63, 3.8) is 0 Å². The van der Waals surface area contributed by atoms with Crippen LogP contribution in [-0.4, -0.2) is 55.5 Å². The summed E-state index contributed by atoms with van der Waals surface area (Å²) < 4.78 is 25.1. The molecule has 18 heavy (non-hydrogen) atoms. The van der Waals surface area contributed by atoms with Crippen LogP contribution in [-0.2, 0) is 14.8 Å². The molecule has 5 nitrogen and oxygen atoms in total. The molecule has 0 aromatic rings. The van der Waals surface area contributed by atoms with Crippen LogP contribution in [0.1, 0.15) is 19.8 Å². The molecule has 6 heteroatoms. The molecule has 0 aromatic carbocycles. The van der Waals surface area contributed by atoms with Gasteiger partial charge in [-0.15, -0.1) is 0 Å². The summed E-state index contributed by atoms with van der Waals surface area (Å²) >= 11 is 0. The van der Waals surface area contributed by atoms with E-state index in [4.69, 9.17) is 0 Å². The Morgan fingerprint density at radius 1 is 1.22 bits per heavy atom. The van der Waals surface area contributed by atoms with E-state index in [0.29, 0.717) is 19.0 Å². The molecule has 3 rings (SSSR count). The van der Waals surface area contributed by atoms with Gasteiger partial charge in [0.15, 0.2) is 0 Å². The van der Waals surface area contributed by atoms with Crippen molar-refractivity contribution in [2.45, 2.75) is 19.8 Å². The van der Waals surface area contributed by atoms with Crippen molar-refractivity contribution >= 4 is 15.9 Å². The molecule has 2 aliphatic heterocycles. The Bertz CT molecular complexity index is 458. The Labute approximate surface area is 108 Å². The predicted octanol–water partition coefficient (Wildman–Crippen LogP) is 0.136. The average molecular weight is 272 g/mol. The molecule has 2 heterocycles. The summed E-state index contributed by atoms with van der Waals surface area (Å²) in [7, 11) is -3.13. The molecule has 1 amide bonds. The van der Waals surface area contributed by atoms with Crippen molar-refractivity contribution in [2.75, 3.05) is 31.9 Å². The van der Waals surface area contributed by atoms with Crippen LogP contribution in [0, 0.1) is 17.8 Å². The van der Waals surface area contributed by atoms with Crippen LogP contribution in [0.2, 0.25) is 0 Å². The fraction of sp³-hybridized carbons (Fsp3) is 0.917. The first-order chi connectivity index (χ1) is 8.51. The van der Waals surface area contributed by atoms with Gasteiger partial charge in [-0.05, 0) is 25.7 Å². The minimum Gasteiger partial charge on any atom is -0.342 e. The number of sulfonamides is 1. The highest BCUT2D eigenvalue weighted by molar-refractivity contribution is 7.89. The van der Waals surface area contributed by atoms with Crippen LogP contribution in [0.3, 0.4) is 0 Å². The van der Waals surface area contributed by atoms with Crippen molar-refractivity contribution in [1.29, 1.82) is 0 Å². The third-order valence-electron chi connectivity index (χ3n) is 4.42. The third kappa shape index (κ3) is 2.05. The van der Waals surface area contributed by atoms with Crippen molar-refractivity contribution in [2.24, 2.45) is 17.8 Å². The quantitative estimate of drug-likeness (QED) is 0.731. The summed E-state index contributed by atoms with van der Waals surface area (Å²) in [6, 6.07) is 0. The second-order valence-corrected chi connectivity index (χ2v) is 8.03. The van der Waals surface area contributed by atoms with E-state index in [2.05, 4.69) is 0 Å². The van der Waals surface area contributed by atoms with E-state index < -0.39 is 10.0 Å². The summed E-state index contributed by atoms with van der Waals surface area (Å²) in [5.41, 5.74) is 0. The van der Waals surface area contributed by atoms with E-state index >= 15 is 0 Å². The predicted molar refractivity (Wildman–Crippen MR) is 67.3 cm³/mol. The first-order valence-corrected chi connectivity index (χ1v) is 8.38. The minimum atomic E-state index is -3.13. The van der Waals surface area contributed by atoms with Crippen LogP contribution in [0.4, 0.5) is 0 Å². The number of hydrogen-bond donors (Lipinski definition) is 0. The smallest absolute Gasteiger partial charge is 0.227 e. The largest absolute Gasteiger partial charge is 0.342 e. The number of rotatable bonds is 4. The van der Waals surface area contributed by atoms with Gasteiger partial charge in [-0.3, -0.25) is 4.79 Å². The fourth-order valence-corrected chi connectivity index (χ4v) is 4.26. The summed E-state index contributed by atoms with van der Waals surface area (Å²) in [6.07, 6.45) is 2.49. The van der Waals surface area contributed by atoms with Gasteiger partial charge >= 0.3 is 0 Å². The van der Waals surface area contributed by atoms with Gasteiger partial charge in [-0.25, -0.2) is 12.7 Å². The topological polar surface area (TPSA) is 57.7 Å². The first-order valence-electron chi connectivity index (χ1n) is 6.78. The van der Waals surface area contributed by atoms with Gasteiger partial charge in [0.1, 0.15) is 0 Å². The molecule has 0 aromatic heterocycles. The highest BCUT2D eigenvalue weighted by Crippen LogP contribution is 2.37. The Morgan fingerprint density at radius 2 is 1.94 bits per heavy atom. The van der Waals surface area contributed by atoms with Crippen molar-refractivity contribution in [3.05, 3.63) is 0 Å². The summed E-state index contributed by atoms with van der Waals surface area (Å²) in [5, 5.41) is 0. The lowest BCUT2D eigenvalue weighted by Crippen LogP contribution is -2.37. The number of likely N-dealkylation sites (tertiary alicyclic amines) is 1. The molecule has 3 fully saturated rings. The van der Waals surface area contributed by atoms with Crippen LogP contribution in [0.15, 0.2) is 0 Å². The van der Waals surface area contributed by atoms with E-state index in [1.807, 2.05) is 4.90 Å². The fourth-order valence-electron chi connectivity index (χ4n) is 3.09. The molecule has 0 bridgehead atoms. The SMILES string of the molecule is CCS(=O)(=O)N1C[C@H]2CN(CC3CC3)C(=O)[C@H]2C1. The average Bonchev–Trinajstić information content (AvgIpc) is 2.96. The van der Waals surface area contributed by atoms with Gasteiger partial charge in [0.2, 0.25) is 15.9 Å². The zero-order chi connectivity index (χ0) is 12.9. The lowest BCUT2D eigenvalue weighted by atomic mass is 10.0. The molecule has 3 aliphatic rings. The van der Waals surface area contributed by atoms with Crippen LogP contribution >= 0.6 is 0 Å². The van der Waals surface area contributed by atoms with Crippen molar-refractivity contribution < 1.29 is 13.2 Å². The highest BCUT2D eigenvalue weighted by Gasteiger charge is 2.49. The zero-order valence-electron chi connectivity index (χ0n) is 10.7. The van der Waals surface area contributed by atoms with Crippen molar-refractivity contribution in [3.8, 4) is 0 Å². The Kier molecular flexibility index (Phi) is 2.90. The molecular weight excluding hydrogens is 252 g/mol.